The van der Waals surface area contributed by atoms with Crippen LogP contribution in [0.25, 0.3) is 10.9 Å². The summed E-state index contributed by atoms with van der Waals surface area (Å²) in [5, 5.41) is 1.30. The summed E-state index contributed by atoms with van der Waals surface area (Å²) in [5.41, 5.74) is 2.34. The first-order valence-corrected chi connectivity index (χ1v) is 12.1. The fourth-order valence-corrected chi connectivity index (χ4v) is 5.77. The molecule has 4 rings (SSSR count). The predicted octanol–water partition coefficient (Wildman–Crippen LogP) is 4.72. The van der Waals surface area contributed by atoms with Crippen LogP contribution in [0.2, 0.25) is 0 Å². The number of hydrogen-bond acceptors (Lipinski definition) is 5. The molecule has 1 amide bonds. The molecule has 0 aliphatic carbocycles. The maximum Gasteiger partial charge on any atom is 0.224 e. The molecule has 1 atom stereocenters. The van der Waals surface area contributed by atoms with Crippen molar-refractivity contribution in [1.29, 1.82) is 0 Å². The SMILES string of the molecule is CN(C)Cc1ccc(CSCCN2C(=O)CCSC2c2c[nH]c3ccccc23)o1. The van der Waals surface area contributed by atoms with E-state index in [1.807, 2.05) is 49.8 Å². The zero-order valence-electron chi connectivity index (χ0n) is 16.9. The highest BCUT2D eigenvalue weighted by molar-refractivity contribution is 7.99. The molecule has 0 spiro atoms. The zero-order chi connectivity index (χ0) is 20.2. The van der Waals surface area contributed by atoms with Gasteiger partial charge >= 0.3 is 0 Å². The van der Waals surface area contributed by atoms with E-state index in [1.165, 1.54) is 10.9 Å². The van der Waals surface area contributed by atoms with Gasteiger partial charge in [-0.3, -0.25) is 4.79 Å². The van der Waals surface area contributed by atoms with E-state index in [0.29, 0.717) is 6.42 Å². The van der Waals surface area contributed by atoms with Crippen molar-refractivity contribution in [3.63, 3.8) is 0 Å². The van der Waals surface area contributed by atoms with Crippen molar-refractivity contribution in [2.24, 2.45) is 0 Å². The first kappa shape index (κ1) is 20.4. The number of aromatic nitrogens is 1. The van der Waals surface area contributed by atoms with E-state index < -0.39 is 0 Å². The molecule has 1 aliphatic rings. The Labute approximate surface area is 180 Å². The molecule has 1 N–H and O–H groups in total. The zero-order valence-corrected chi connectivity index (χ0v) is 18.5. The van der Waals surface area contributed by atoms with Crippen molar-refractivity contribution in [2.45, 2.75) is 24.1 Å². The molecule has 5 nitrogen and oxygen atoms in total. The molecule has 3 aromatic rings. The van der Waals surface area contributed by atoms with Crippen molar-refractivity contribution < 1.29 is 9.21 Å². The number of thioether (sulfide) groups is 2. The van der Waals surface area contributed by atoms with Crippen LogP contribution in [0.4, 0.5) is 0 Å². The lowest BCUT2D eigenvalue weighted by molar-refractivity contribution is -0.131. The number of fused-ring (bicyclic) bond motifs is 1. The van der Waals surface area contributed by atoms with Gasteiger partial charge in [0.05, 0.1) is 12.3 Å². The third-order valence-electron chi connectivity index (χ3n) is 4.99. The van der Waals surface area contributed by atoms with E-state index in [1.54, 1.807) is 0 Å². The highest BCUT2D eigenvalue weighted by atomic mass is 32.2. The molecular weight excluding hydrogens is 402 g/mol. The Kier molecular flexibility index (Phi) is 6.57. The number of carbonyl (C=O) groups is 1. The maximum atomic E-state index is 12.7. The lowest BCUT2D eigenvalue weighted by Crippen LogP contribution is -2.38. The van der Waals surface area contributed by atoms with Gasteiger partial charge < -0.3 is 19.2 Å². The van der Waals surface area contributed by atoms with Crippen LogP contribution >= 0.6 is 23.5 Å². The van der Waals surface area contributed by atoms with Crippen LogP contribution in [0.5, 0.6) is 0 Å². The van der Waals surface area contributed by atoms with Gasteiger partial charge in [-0.2, -0.15) is 11.8 Å². The molecular formula is C22H27N3O2S2. The normalized spacial score (nSPS) is 17.6. The lowest BCUT2D eigenvalue weighted by Gasteiger charge is -2.35. The van der Waals surface area contributed by atoms with Crippen molar-refractivity contribution >= 4 is 40.3 Å². The summed E-state index contributed by atoms with van der Waals surface area (Å²) < 4.78 is 5.88. The first-order valence-electron chi connectivity index (χ1n) is 9.89. The Morgan fingerprint density at radius 3 is 2.93 bits per heavy atom. The summed E-state index contributed by atoms with van der Waals surface area (Å²) in [6, 6.07) is 12.4. The van der Waals surface area contributed by atoms with Gasteiger partial charge in [0.15, 0.2) is 0 Å². The highest BCUT2D eigenvalue weighted by Gasteiger charge is 2.31. The quantitative estimate of drug-likeness (QED) is 0.525. The maximum absolute atomic E-state index is 12.7. The second-order valence-corrected chi connectivity index (χ2v) is 9.80. The number of aromatic amines is 1. The number of rotatable bonds is 8. The fraction of sp³-hybridized carbons (Fsp3) is 0.409. The van der Waals surface area contributed by atoms with Gasteiger partial charge in [0, 0.05) is 47.1 Å². The van der Waals surface area contributed by atoms with E-state index in [0.717, 1.165) is 47.4 Å². The van der Waals surface area contributed by atoms with E-state index in [4.69, 9.17) is 4.42 Å². The Hall–Kier alpha value is -1.83. The minimum Gasteiger partial charge on any atom is -0.464 e. The lowest BCUT2D eigenvalue weighted by atomic mass is 10.1. The summed E-state index contributed by atoms with van der Waals surface area (Å²) in [6.45, 7) is 1.57. The largest absolute Gasteiger partial charge is 0.464 e. The second kappa shape index (κ2) is 9.32. The Morgan fingerprint density at radius 2 is 2.07 bits per heavy atom. The van der Waals surface area contributed by atoms with Crippen molar-refractivity contribution in [1.82, 2.24) is 14.8 Å². The van der Waals surface area contributed by atoms with Gasteiger partial charge in [-0.1, -0.05) is 18.2 Å². The third kappa shape index (κ3) is 4.85. The minimum absolute atomic E-state index is 0.0864. The molecule has 1 aromatic carbocycles. The first-order chi connectivity index (χ1) is 14.1. The molecule has 0 saturated carbocycles. The Bertz CT molecular complexity index is 966. The van der Waals surface area contributed by atoms with Gasteiger partial charge in [0.1, 0.15) is 16.9 Å². The molecule has 0 radical (unpaired) electrons. The van der Waals surface area contributed by atoms with Crippen LogP contribution in [-0.4, -0.2) is 52.8 Å². The number of amides is 1. The fourth-order valence-electron chi connectivity index (χ4n) is 3.65. The number of hydrogen-bond donors (Lipinski definition) is 1. The molecule has 154 valence electrons. The molecule has 0 bridgehead atoms. The summed E-state index contributed by atoms with van der Waals surface area (Å²) in [7, 11) is 4.07. The number of furan rings is 1. The third-order valence-corrected chi connectivity index (χ3v) is 7.22. The van der Waals surface area contributed by atoms with Gasteiger partial charge in [-0.15, -0.1) is 11.8 Å². The molecule has 1 fully saturated rings. The average Bonchev–Trinajstić information content (AvgIpc) is 3.32. The molecule has 2 aromatic heterocycles. The number of nitrogens with one attached hydrogen (secondary N) is 1. The van der Waals surface area contributed by atoms with Crippen LogP contribution < -0.4 is 0 Å². The molecule has 7 heteroatoms. The Balaban J connectivity index is 1.37. The summed E-state index contributed by atoms with van der Waals surface area (Å²) in [6.07, 6.45) is 2.69. The molecule has 3 heterocycles. The average molecular weight is 430 g/mol. The highest BCUT2D eigenvalue weighted by Crippen LogP contribution is 2.40. The number of benzene rings is 1. The minimum atomic E-state index is 0.0864. The number of para-hydroxylation sites is 1. The smallest absolute Gasteiger partial charge is 0.224 e. The van der Waals surface area contributed by atoms with Gasteiger partial charge in [-0.05, 0) is 32.3 Å². The molecule has 29 heavy (non-hydrogen) atoms. The molecule has 1 unspecified atom stereocenters. The molecule has 1 aliphatic heterocycles. The van der Waals surface area contributed by atoms with Crippen LogP contribution in [0.15, 0.2) is 47.0 Å². The second-order valence-electron chi connectivity index (χ2n) is 7.51. The summed E-state index contributed by atoms with van der Waals surface area (Å²) >= 11 is 3.68. The summed E-state index contributed by atoms with van der Waals surface area (Å²) in [4.78, 5) is 20.2. The number of nitrogens with zero attached hydrogens (tertiary/aromatic N) is 2. The van der Waals surface area contributed by atoms with E-state index >= 15 is 0 Å². The Morgan fingerprint density at radius 1 is 1.24 bits per heavy atom. The number of H-pyrrole nitrogens is 1. The van der Waals surface area contributed by atoms with E-state index in [9.17, 15) is 4.79 Å². The topological polar surface area (TPSA) is 52.5 Å². The summed E-state index contributed by atoms with van der Waals surface area (Å²) in [5.74, 6) is 4.86. The van der Waals surface area contributed by atoms with E-state index in [2.05, 4.69) is 45.2 Å². The van der Waals surface area contributed by atoms with Crippen LogP contribution in [0, 0.1) is 0 Å². The van der Waals surface area contributed by atoms with Crippen molar-refractivity contribution in [3.05, 3.63) is 59.7 Å². The monoisotopic (exact) mass is 429 g/mol. The van der Waals surface area contributed by atoms with Crippen LogP contribution in [0.3, 0.4) is 0 Å². The van der Waals surface area contributed by atoms with Crippen molar-refractivity contribution in [2.75, 3.05) is 32.1 Å². The van der Waals surface area contributed by atoms with Crippen LogP contribution in [0.1, 0.15) is 28.9 Å². The number of carbonyl (C=O) groups excluding carboxylic acids is 1. The van der Waals surface area contributed by atoms with E-state index in [-0.39, 0.29) is 11.3 Å². The van der Waals surface area contributed by atoms with Gasteiger partial charge in [-0.25, -0.2) is 0 Å². The van der Waals surface area contributed by atoms with Gasteiger partial charge in [0.2, 0.25) is 5.91 Å². The standard InChI is InChI=1S/C22H27N3O2S2/c1-24(2)14-16-7-8-17(27-16)15-28-12-10-25-21(26)9-11-29-22(25)19-13-23-20-6-4-3-5-18(19)20/h3-8,13,22-23H,9-12,14-15H2,1-2H3. The predicted molar refractivity (Wildman–Crippen MR) is 122 cm³/mol. The molecule has 1 saturated heterocycles. The van der Waals surface area contributed by atoms with Crippen molar-refractivity contribution in [3.8, 4) is 0 Å². The van der Waals surface area contributed by atoms with Crippen LogP contribution in [-0.2, 0) is 17.1 Å². The van der Waals surface area contributed by atoms with Gasteiger partial charge in [0.25, 0.3) is 0 Å².